The summed E-state index contributed by atoms with van der Waals surface area (Å²) >= 11 is 0. The first-order valence-electron chi connectivity index (χ1n) is 9.91. The van der Waals surface area contributed by atoms with Crippen molar-refractivity contribution in [3.63, 3.8) is 0 Å². The van der Waals surface area contributed by atoms with Crippen LogP contribution in [0.4, 0.5) is 5.69 Å². The summed E-state index contributed by atoms with van der Waals surface area (Å²) in [6.07, 6.45) is 0. The Labute approximate surface area is 178 Å². The zero-order valence-electron chi connectivity index (χ0n) is 16.5. The van der Waals surface area contributed by atoms with Gasteiger partial charge in [-0.05, 0) is 24.3 Å². The zero-order valence-corrected chi connectivity index (χ0v) is 16.5. The Bertz CT molecular complexity index is 1110. The van der Waals surface area contributed by atoms with Gasteiger partial charge >= 0.3 is 5.97 Å². The summed E-state index contributed by atoms with van der Waals surface area (Å²) in [6, 6.07) is 19.7. The molecule has 0 aliphatic carbocycles. The summed E-state index contributed by atoms with van der Waals surface area (Å²) in [7, 11) is 0. The Morgan fingerprint density at radius 1 is 0.839 bits per heavy atom. The van der Waals surface area contributed by atoms with Crippen LogP contribution in [-0.4, -0.2) is 31.7 Å². The molecule has 0 bridgehead atoms. The van der Waals surface area contributed by atoms with Crippen LogP contribution >= 0.6 is 0 Å². The number of amides is 1. The van der Waals surface area contributed by atoms with Crippen LogP contribution in [0.3, 0.4) is 0 Å². The predicted molar refractivity (Wildman–Crippen MR) is 112 cm³/mol. The smallest absolute Gasteiger partial charge is 0.318 e. The second-order valence-electron chi connectivity index (χ2n) is 7.13. The third kappa shape index (κ3) is 3.77. The van der Waals surface area contributed by atoms with Crippen LogP contribution in [0.5, 0.6) is 23.0 Å². The highest BCUT2D eigenvalue weighted by atomic mass is 16.6. The molecule has 0 unspecified atom stereocenters. The summed E-state index contributed by atoms with van der Waals surface area (Å²) < 4.78 is 22.3. The third-order valence-corrected chi connectivity index (χ3v) is 5.09. The SMILES string of the molecule is O=C(COC(=O)C1c2ccccc2Oc2ccccc21)Nc1ccc2c(c1)OCCO2. The quantitative estimate of drug-likeness (QED) is 0.649. The van der Waals surface area contributed by atoms with Crippen LogP contribution in [-0.2, 0) is 14.3 Å². The number of carbonyl (C=O) groups is 2. The Balaban J connectivity index is 1.28. The van der Waals surface area contributed by atoms with Gasteiger partial charge < -0.3 is 24.3 Å². The number of rotatable bonds is 4. The molecule has 2 aliphatic heterocycles. The van der Waals surface area contributed by atoms with Crippen molar-refractivity contribution >= 4 is 17.6 Å². The molecule has 2 heterocycles. The fourth-order valence-electron chi connectivity index (χ4n) is 3.70. The summed E-state index contributed by atoms with van der Waals surface area (Å²) in [5.41, 5.74) is 1.95. The van der Waals surface area contributed by atoms with Crippen LogP contribution in [0.25, 0.3) is 0 Å². The average Bonchev–Trinajstić information content (AvgIpc) is 2.81. The first kappa shape index (κ1) is 19.0. The van der Waals surface area contributed by atoms with Gasteiger partial charge in [-0.15, -0.1) is 0 Å². The van der Waals surface area contributed by atoms with Gasteiger partial charge in [-0.3, -0.25) is 9.59 Å². The molecule has 7 heteroatoms. The van der Waals surface area contributed by atoms with Crippen molar-refractivity contribution in [1.29, 1.82) is 0 Å². The Kier molecular flexibility index (Phi) is 4.92. The van der Waals surface area contributed by atoms with E-state index in [4.69, 9.17) is 18.9 Å². The Hall–Kier alpha value is -4.00. The van der Waals surface area contributed by atoms with Crippen LogP contribution in [0.1, 0.15) is 17.0 Å². The number of anilines is 1. The van der Waals surface area contributed by atoms with E-state index in [1.807, 2.05) is 36.4 Å². The van der Waals surface area contributed by atoms with Gasteiger partial charge in [-0.25, -0.2) is 0 Å². The van der Waals surface area contributed by atoms with E-state index in [0.717, 1.165) is 0 Å². The maximum atomic E-state index is 13.0. The summed E-state index contributed by atoms with van der Waals surface area (Å²) in [5.74, 6) is 0.777. The molecular formula is C24H19NO6. The van der Waals surface area contributed by atoms with Crippen molar-refractivity contribution in [3.05, 3.63) is 77.9 Å². The van der Waals surface area contributed by atoms with Gasteiger partial charge in [0, 0.05) is 22.9 Å². The lowest BCUT2D eigenvalue weighted by atomic mass is 9.88. The number of nitrogens with one attached hydrogen (secondary N) is 1. The van der Waals surface area contributed by atoms with Crippen molar-refractivity contribution in [3.8, 4) is 23.0 Å². The molecule has 3 aromatic carbocycles. The number of hydrogen-bond donors (Lipinski definition) is 1. The molecule has 1 N–H and O–H groups in total. The molecule has 7 nitrogen and oxygen atoms in total. The van der Waals surface area contributed by atoms with Crippen molar-refractivity contribution in [2.24, 2.45) is 0 Å². The molecule has 0 fully saturated rings. The van der Waals surface area contributed by atoms with E-state index in [1.165, 1.54) is 0 Å². The Morgan fingerprint density at radius 2 is 1.48 bits per heavy atom. The number of fused-ring (bicyclic) bond motifs is 3. The molecule has 156 valence electrons. The highest BCUT2D eigenvalue weighted by molar-refractivity contribution is 5.94. The summed E-state index contributed by atoms with van der Waals surface area (Å²) in [6.45, 7) is 0.540. The first-order valence-corrected chi connectivity index (χ1v) is 9.91. The molecule has 0 atom stereocenters. The van der Waals surface area contributed by atoms with Gasteiger partial charge in [-0.2, -0.15) is 0 Å². The van der Waals surface area contributed by atoms with E-state index in [2.05, 4.69) is 5.32 Å². The molecule has 3 aromatic rings. The molecule has 0 saturated carbocycles. The molecule has 0 radical (unpaired) electrons. The van der Waals surface area contributed by atoms with Gasteiger partial charge in [-0.1, -0.05) is 36.4 Å². The standard InChI is InChI=1S/C24H19NO6/c26-22(25-15-9-10-20-21(13-15)29-12-11-28-20)14-30-24(27)23-16-5-1-3-7-18(16)31-19-8-4-2-6-17(19)23/h1-10,13,23H,11-12,14H2,(H,25,26). The van der Waals surface area contributed by atoms with Gasteiger partial charge in [0.05, 0.1) is 0 Å². The van der Waals surface area contributed by atoms with E-state index >= 15 is 0 Å². The van der Waals surface area contributed by atoms with Gasteiger partial charge in [0.15, 0.2) is 18.1 Å². The van der Waals surface area contributed by atoms with Crippen molar-refractivity contribution in [2.45, 2.75) is 5.92 Å². The predicted octanol–water partition coefficient (Wildman–Crippen LogP) is 3.88. The topological polar surface area (TPSA) is 83.1 Å². The maximum absolute atomic E-state index is 13.0. The maximum Gasteiger partial charge on any atom is 0.318 e. The Morgan fingerprint density at radius 3 is 2.19 bits per heavy atom. The number of carbonyl (C=O) groups excluding carboxylic acids is 2. The van der Waals surface area contributed by atoms with Gasteiger partial charge in [0.25, 0.3) is 5.91 Å². The minimum absolute atomic E-state index is 0.408. The largest absolute Gasteiger partial charge is 0.486 e. The first-order chi connectivity index (χ1) is 15.2. The lowest BCUT2D eigenvalue weighted by Gasteiger charge is -2.26. The number of ether oxygens (including phenoxy) is 4. The number of hydrogen-bond acceptors (Lipinski definition) is 6. The second-order valence-corrected chi connectivity index (χ2v) is 7.13. The molecule has 31 heavy (non-hydrogen) atoms. The number of esters is 1. The van der Waals surface area contributed by atoms with Gasteiger partial charge in [0.2, 0.25) is 0 Å². The molecule has 0 saturated heterocycles. The molecule has 1 amide bonds. The molecular weight excluding hydrogens is 398 g/mol. The van der Waals surface area contributed by atoms with Crippen molar-refractivity contribution < 1.29 is 28.5 Å². The summed E-state index contributed by atoms with van der Waals surface area (Å²) in [4.78, 5) is 25.4. The highest BCUT2D eigenvalue weighted by Crippen LogP contribution is 2.44. The molecule has 2 aliphatic rings. The average molecular weight is 417 g/mol. The van der Waals surface area contributed by atoms with Crippen molar-refractivity contribution in [1.82, 2.24) is 0 Å². The number of benzene rings is 3. The van der Waals surface area contributed by atoms with Crippen LogP contribution in [0, 0.1) is 0 Å². The zero-order chi connectivity index (χ0) is 21.2. The minimum Gasteiger partial charge on any atom is -0.486 e. The second kappa shape index (κ2) is 8.02. The molecule has 0 spiro atoms. The van der Waals surface area contributed by atoms with Crippen molar-refractivity contribution in [2.75, 3.05) is 25.1 Å². The monoisotopic (exact) mass is 417 g/mol. The van der Waals surface area contributed by atoms with Gasteiger partial charge in [0.1, 0.15) is 30.6 Å². The third-order valence-electron chi connectivity index (χ3n) is 5.09. The molecule has 0 aromatic heterocycles. The summed E-state index contributed by atoms with van der Waals surface area (Å²) in [5, 5.41) is 2.71. The number of para-hydroxylation sites is 2. The van der Waals surface area contributed by atoms with E-state index in [1.54, 1.807) is 30.3 Å². The molecule has 5 rings (SSSR count). The fraction of sp³-hybridized carbons (Fsp3) is 0.167. The highest BCUT2D eigenvalue weighted by Gasteiger charge is 2.33. The minimum atomic E-state index is -0.664. The van der Waals surface area contributed by atoms with Crippen LogP contribution in [0.15, 0.2) is 66.7 Å². The van der Waals surface area contributed by atoms with Crippen LogP contribution in [0.2, 0.25) is 0 Å². The normalized spacial score (nSPS) is 13.9. The van der Waals surface area contributed by atoms with E-state index in [9.17, 15) is 9.59 Å². The van der Waals surface area contributed by atoms with E-state index < -0.39 is 24.4 Å². The fourth-order valence-corrected chi connectivity index (χ4v) is 3.70. The lowest BCUT2D eigenvalue weighted by Crippen LogP contribution is -2.26. The lowest BCUT2D eigenvalue weighted by molar-refractivity contribution is -0.148. The van der Waals surface area contributed by atoms with Crippen LogP contribution < -0.4 is 19.5 Å². The van der Waals surface area contributed by atoms with E-state index in [0.29, 0.717) is 53.0 Å². The van der Waals surface area contributed by atoms with E-state index in [-0.39, 0.29) is 0 Å².